The fourth-order valence-corrected chi connectivity index (χ4v) is 2.68. The number of likely N-dealkylation sites (tertiary alicyclic amines) is 1. The van der Waals surface area contributed by atoms with E-state index in [9.17, 15) is 9.90 Å². The Kier molecular flexibility index (Phi) is 2.61. The maximum Gasteiger partial charge on any atom is 0.254 e. The molecule has 3 rings (SSSR count). The van der Waals surface area contributed by atoms with Crippen LogP contribution in [0.25, 0.3) is 0 Å². The standard InChI is InChI=1S/C13H15NO3/c15-11-12-10(6-7-17-12)14(13(11)16)8-9-4-2-1-3-5-9/h1-5,10-12,15H,6-8H2/t10-,11+,12+/m0/s1. The smallest absolute Gasteiger partial charge is 0.254 e. The van der Waals surface area contributed by atoms with Gasteiger partial charge in [-0.05, 0) is 12.0 Å². The van der Waals surface area contributed by atoms with Gasteiger partial charge in [0, 0.05) is 13.2 Å². The Labute approximate surface area is 99.8 Å². The average molecular weight is 233 g/mol. The van der Waals surface area contributed by atoms with E-state index in [1.165, 1.54) is 0 Å². The number of hydrogen-bond donors (Lipinski definition) is 1. The largest absolute Gasteiger partial charge is 0.380 e. The quantitative estimate of drug-likeness (QED) is 0.811. The summed E-state index contributed by atoms with van der Waals surface area (Å²) in [5.41, 5.74) is 1.08. The number of hydrogen-bond acceptors (Lipinski definition) is 3. The van der Waals surface area contributed by atoms with Crippen LogP contribution in [0.15, 0.2) is 30.3 Å². The van der Waals surface area contributed by atoms with E-state index in [0.29, 0.717) is 13.2 Å². The van der Waals surface area contributed by atoms with Gasteiger partial charge in [-0.2, -0.15) is 0 Å². The fourth-order valence-electron chi connectivity index (χ4n) is 2.68. The van der Waals surface area contributed by atoms with E-state index in [1.807, 2.05) is 30.3 Å². The van der Waals surface area contributed by atoms with Crippen molar-refractivity contribution >= 4 is 5.91 Å². The Morgan fingerprint density at radius 3 is 2.88 bits per heavy atom. The molecular weight excluding hydrogens is 218 g/mol. The molecule has 1 N–H and O–H groups in total. The van der Waals surface area contributed by atoms with Crippen molar-refractivity contribution < 1.29 is 14.6 Å². The molecule has 90 valence electrons. The van der Waals surface area contributed by atoms with Crippen LogP contribution in [0.1, 0.15) is 12.0 Å². The van der Waals surface area contributed by atoms with Gasteiger partial charge in [0.1, 0.15) is 6.10 Å². The first-order valence-electron chi connectivity index (χ1n) is 5.91. The Morgan fingerprint density at radius 1 is 1.35 bits per heavy atom. The Hall–Kier alpha value is -1.39. The molecule has 4 nitrogen and oxygen atoms in total. The molecule has 3 atom stereocenters. The van der Waals surface area contributed by atoms with Crippen LogP contribution in [0, 0.1) is 0 Å². The van der Waals surface area contributed by atoms with Crippen molar-refractivity contribution in [1.29, 1.82) is 0 Å². The van der Waals surface area contributed by atoms with Crippen molar-refractivity contribution in [1.82, 2.24) is 4.90 Å². The molecule has 0 bridgehead atoms. The van der Waals surface area contributed by atoms with Crippen molar-refractivity contribution in [2.75, 3.05) is 6.61 Å². The molecule has 2 saturated heterocycles. The lowest BCUT2D eigenvalue weighted by molar-refractivity contribution is -0.138. The fraction of sp³-hybridized carbons (Fsp3) is 0.462. The molecule has 0 radical (unpaired) electrons. The van der Waals surface area contributed by atoms with Gasteiger partial charge in [0.15, 0.2) is 6.10 Å². The van der Waals surface area contributed by atoms with Gasteiger partial charge in [0.2, 0.25) is 0 Å². The highest BCUT2D eigenvalue weighted by atomic mass is 16.5. The summed E-state index contributed by atoms with van der Waals surface area (Å²) in [6.07, 6.45) is -0.488. The predicted octanol–water partition coefficient (Wildman–Crippen LogP) is 0.547. The monoisotopic (exact) mass is 233 g/mol. The first kappa shape index (κ1) is 10.7. The van der Waals surface area contributed by atoms with Crippen LogP contribution >= 0.6 is 0 Å². The van der Waals surface area contributed by atoms with Crippen molar-refractivity contribution in [2.45, 2.75) is 31.2 Å². The van der Waals surface area contributed by atoms with E-state index in [2.05, 4.69) is 0 Å². The van der Waals surface area contributed by atoms with Gasteiger partial charge < -0.3 is 14.7 Å². The second-order valence-electron chi connectivity index (χ2n) is 4.59. The van der Waals surface area contributed by atoms with Crippen LogP contribution in [0.5, 0.6) is 0 Å². The van der Waals surface area contributed by atoms with Crippen LogP contribution in [0.3, 0.4) is 0 Å². The van der Waals surface area contributed by atoms with Gasteiger partial charge >= 0.3 is 0 Å². The van der Waals surface area contributed by atoms with Crippen molar-refractivity contribution in [3.05, 3.63) is 35.9 Å². The van der Waals surface area contributed by atoms with E-state index in [-0.39, 0.29) is 18.1 Å². The molecule has 17 heavy (non-hydrogen) atoms. The van der Waals surface area contributed by atoms with Crippen molar-refractivity contribution in [3.63, 3.8) is 0 Å². The minimum Gasteiger partial charge on any atom is -0.380 e. The summed E-state index contributed by atoms with van der Waals surface area (Å²) in [6, 6.07) is 9.87. The number of aliphatic hydroxyl groups excluding tert-OH is 1. The van der Waals surface area contributed by atoms with E-state index in [1.54, 1.807) is 4.90 Å². The molecule has 2 heterocycles. The highest BCUT2D eigenvalue weighted by Crippen LogP contribution is 2.31. The Bertz CT molecular complexity index is 420. The van der Waals surface area contributed by atoms with Crippen LogP contribution in [-0.4, -0.2) is 40.8 Å². The molecule has 0 unspecified atom stereocenters. The first-order chi connectivity index (χ1) is 8.27. The number of ether oxygens (including phenoxy) is 1. The van der Waals surface area contributed by atoms with Gasteiger partial charge in [-0.1, -0.05) is 30.3 Å². The molecule has 0 aromatic heterocycles. The van der Waals surface area contributed by atoms with Crippen LogP contribution in [-0.2, 0) is 16.1 Å². The number of nitrogens with zero attached hydrogens (tertiary/aromatic N) is 1. The normalized spacial score (nSPS) is 31.9. The summed E-state index contributed by atoms with van der Waals surface area (Å²) < 4.78 is 5.41. The molecule has 2 aliphatic rings. The molecule has 0 saturated carbocycles. The average Bonchev–Trinajstić information content (AvgIpc) is 2.91. The lowest BCUT2D eigenvalue weighted by Gasteiger charge is -2.22. The van der Waals surface area contributed by atoms with Crippen molar-refractivity contribution in [2.24, 2.45) is 0 Å². The zero-order valence-corrected chi connectivity index (χ0v) is 9.45. The third-order valence-corrected chi connectivity index (χ3v) is 3.55. The Morgan fingerprint density at radius 2 is 2.12 bits per heavy atom. The minimum absolute atomic E-state index is 0.0395. The molecule has 2 aliphatic heterocycles. The summed E-state index contributed by atoms with van der Waals surface area (Å²) in [4.78, 5) is 13.7. The third-order valence-electron chi connectivity index (χ3n) is 3.55. The Balaban J connectivity index is 1.81. The maximum atomic E-state index is 11.9. The molecule has 4 heteroatoms. The topological polar surface area (TPSA) is 49.8 Å². The van der Waals surface area contributed by atoms with Crippen molar-refractivity contribution in [3.8, 4) is 0 Å². The second-order valence-corrected chi connectivity index (χ2v) is 4.59. The molecule has 1 amide bonds. The molecule has 1 aromatic rings. The molecule has 0 spiro atoms. The van der Waals surface area contributed by atoms with Gasteiger partial charge in [0.05, 0.1) is 6.04 Å². The van der Waals surface area contributed by atoms with E-state index in [4.69, 9.17) is 4.74 Å². The van der Waals surface area contributed by atoms with Crippen LogP contribution in [0.2, 0.25) is 0 Å². The zero-order chi connectivity index (χ0) is 11.8. The molecular formula is C13H15NO3. The van der Waals surface area contributed by atoms with Crippen LogP contribution in [0.4, 0.5) is 0 Å². The summed E-state index contributed by atoms with van der Waals surface area (Å²) in [6.45, 7) is 1.19. The van der Waals surface area contributed by atoms with E-state index in [0.717, 1.165) is 12.0 Å². The lowest BCUT2D eigenvalue weighted by Crippen LogP contribution is -2.34. The van der Waals surface area contributed by atoms with Gasteiger partial charge in [0.25, 0.3) is 5.91 Å². The van der Waals surface area contributed by atoms with E-state index >= 15 is 0 Å². The molecule has 0 aliphatic carbocycles. The number of fused-ring (bicyclic) bond motifs is 1. The number of rotatable bonds is 2. The highest BCUT2D eigenvalue weighted by Gasteiger charge is 2.50. The number of benzene rings is 1. The van der Waals surface area contributed by atoms with E-state index < -0.39 is 6.10 Å². The SMILES string of the molecule is O=C1[C@H](O)[C@@H]2OCC[C@@H]2N1Cc1ccccc1. The zero-order valence-electron chi connectivity index (χ0n) is 9.45. The van der Waals surface area contributed by atoms with Crippen LogP contribution < -0.4 is 0 Å². The molecule has 1 aromatic carbocycles. The summed E-state index contributed by atoms with van der Waals surface area (Å²) >= 11 is 0. The first-order valence-corrected chi connectivity index (χ1v) is 5.91. The summed E-state index contributed by atoms with van der Waals surface area (Å²) in [5, 5.41) is 9.80. The molecule has 2 fully saturated rings. The lowest BCUT2D eigenvalue weighted by atomic mass is 10.1. The number of carbonyl (C=O) groups excluding carboxylic acids is 1. The summed E-state index contributed by atoms with van der Waals surface area (Å²) in [7, 11) is 0. The summed E-state index contributed by atoms with van der Waals surface area (Å²) in [5.74, 6) is -0.205. The number of aliphatic hydroxyl groups is 1. The predicted molar refractivity (Wildman–Crippen MR) is 61.1 cm³/mol. The maximum absolute atomic E-state index is 11.9. The minimum atomic E-state index is -0.980. The van der Waals surface area contributed by atoms with Gasteiger partial charge in [-0.25, -0.2) is 0 Å². The second kappa shape index (κ2) is 4.13. The highest BCUT2D eigenvalue weighted by molar-refractivity contribution is 5.84. The number of amides is 1. The van der Waals surface area contributed by atoms with Gasteiger partial charge in [-0.15, -0.1) is 0 Å². The number of carbonyl (C=O) groups is 1. The third kappa shape index (κ3) is 1.73. The van der Waals surface area contributed by atoms with Gasteiger partial charge in [-0.3, -0.25) is 4.79 Å².